The van der Waals surface area contributed by atoms with Crippen LogP contribution in [0.1, 0.15) is 18.0 Å². The van der Waals surface area contributed by atoms with E-state index in [9.17, 15) is 0 Å². The molecule has 0 spiro atoms. The van der Waals surface area contributed by atoms with Gasteiger partial charge in [0.1, 0.15) is 0 Å². The molecule has 0 aromatic carbocycles. The Morgan fingerprint density at radius 3 is 2.78 bits per heavy atom. The molecule has 0 bridgehead atoms. The van der Waals surface area contributed by atoms with Crippen LogP contribution in [0.2, 0.25) is 0 Å². The smallest absolute Gasteiger partial charge is 0.0358 e. The third kappa shape index (κ3) is 3.51. The number of hydrogen-bond acceptors (Lipinski definition) is 4. The van der Waals surface area contributed by atoms with Crippen molar-refractivity contribution in [1.29, 1.82) is 0 Å². The lowest BCUT2D eigenvalue weighted by molar-refractivity contribution is 0.190. The minimum absolute atomic E-state index is 0.456. The lowest BCUT2D eigenvalue weighted by Gasteiger charge is -2.35. The maximum atomic E-state index is 4.10. The first-order chi connectivity index (χ1) is 8.66. The molecule has 2 rings (SSSR count). The summed E-state index contributed by atoms with van der Waals surface area (Å²) in [5.74, 6) is 0. The van der Waals surface area contributed by atoms with Crippen LogP contribution in [0, 0.1) is 0 Å². The topological polar surface area (TPSA) is 31.4 Å². The second-order valence-corrected chi connectivity index (χ2v) is 5.41. The molecule has 4 heteroatoms. The van der Waals surface area contributed by atoms with Crippen LogP contribution in [0.15, 0.2) is 24.5 Å². The first-order valence-corrected chi connectivity index (χ1v) is 6.65. The summed E-state index contributed by atoms with van der Waals surface area (Å²) in [6.07, 6.45) is 4.90. The van der Waals surface area contributed by atoms with Gasteiger partial charge in [0.25, 0.3) is 0 Å². The number of piperazine rings is 1. The number of likely N-dealkylation sites (N-methyl/N-ethyl adjacent to an activating group) is 1. The van der Waals surface area contributed by atoms with E-state index in [4.69, 9.17) is 0 Å². The number of aromatic nitrogens is 1. The van der Waals surface area contributed by atoms with Gasteiger partial charge in [0.05, 0.1) is 0 Å². The fourth-order valence-electron chi connectivity index (χ4n) is 2.65. The summed E-state index contributed by atoms with van der Waals surface area (Å²) < 4.78 is 0. The zero-order valence-electron chi connectivity index (χ0n) is 11.6. The monoisotopic (exact) mass is 248 g/mol. The van der Waals surface area contributed by atoms with E-state index in [1.54, 1.807) is 0 Å². The maximum absolute atomic E-state index is 4.10. The first kappa shape index (κ1) is 13.5. The van der Waals surface area contributed by atoms with Crippen LogP contribution in [0.5, 0.6) is 0 Å². The van der Waals surface area contributed by atoms with Gasteiger partial charge in [-0.2, -0.15) is 0 Å². The fraction of sp³-hybridized carbons (Fsp3) is 0.643. The highest BCUT2D eigenvalue weighted by atomic mass is 15.2. The van der Waals surface area contributed by atoms with Crippen molar-refractivity contribution >= 4 is 0 Å². The minimum atomic E-state index is 0.456. The maximum Gasteiger partial charge on any atom is 0.0358 e. The van der Waals surface area contributed by atoms with Crippen LogP contribution in [-0.2, 0) is 0 Å². The van der Waals surface area contributed by atoms with E-state index < -0.39 is 0 Å². The van der Waals surface area contributed by atoms with Gasteiger partial charge in [-0.05, 0) is 45.3 Å². The predicted molar refractivity (Wildman–Crippen MR) is 74.6 cm³/mol. The third-order valence-corrected chi connectivity index (χ3v) is 3.68. The Hall–Kier alpha value is -0.970. The molecule has 1 aromatic heterocycles. The molecule has 100 valence electrons. The average Bonchev–Trinajstić information content (AvgIpc) is 2.37. The van der Waals surface area contributed by atoms with Crippen LogP contribution < -0.4 is 5.32 Å². The van der Waals surface area contributed by atoms with Gasteiger partial charge < -0.3 is 15.1 Å². The second kappa shape index (κ2) is 6.27. The van der Waals surface area contributed by atoms with Gasteiger partial charge in [-0.25, -0.2) is 0 Å². The lowest BCUT2D eigenvalue weighted by Crippen LogP contribution is -2.50. The molecule has 1 N–H and O–H groups in total. The molecule has 4 nitrogen and oxygen atoms in total. The molecule has 1 fully saturated rings. The summed E-state index contributed by atoms with van der Waals surface area (Å²) in [5, 5.41) is 3.62. The molecule has 1 saturated heterocycles. The van der Waals surface area contributed by atoms with Gasteiger partial charge in [-0.15, -0.1) is 0 Å². The quantitative estimate of drug-likeness (QED) is 0.860. The average molecular weight is 248 g/mol. The third-order valence-electron chi connectivity index (χ3n) is 3.68. The molecule has 2 heterocycles. The molecule has 18 heavy (non-hydrogen) atoms. The second-order valence-electron chi connectivity index (χ2n) is 5.41. The fourth-order valence-corrected chi connectivity index (χ4v) is 2.65. The highest BCUT2D eigenvalue weighted by Crippen LogP contribution is 2.23. The van der Waals surface area contributed by atoms with E-state index in [0.717, 1.165) is 26.1 Å². The molecule has 0 aliphatic carbocycles. The van der Waals surface area contributed by atoms with Gasteiger partial charge >= 0.3 is 0 Å². The van der Waals surface area contributed by atoms with Crippen molar-refractivity contribution in [2.45, 2.75) is 18.5 Å². The normalized spacial score (nSPS) is 23.2. The Morgan fingerprint density at radius 1 is 1.44 bits per heavy atom. The predicted octanol–water partition coefficient (Wildman–Crippen LogP) is 0.978. The zero-order valence-corrected chi connectivity index (χ0v) is 11.6. The summed E-state index contributed by atoms with van der Waals surface area (Å²) >= 11 is 0. The van der Waals surface area contributed by atoms with E-state index >= 15 is 0 Å². The van der Waals surface area contributed by atoms with E-state index in [-0.39, 0.29) is 0 Å². The Kier molecular flexibility index (Phi) is 4.69. The molecular weight excluding hydrogens is 224 g/mol. The van der Waals surface area contributed by atoms with Crippen molar-refractivity contribution in [1.82, 2.24) is 20.1 Å². The van der Waals surface area contributed by atoms with Crippen LogP contribution in [0.4, 0.5) is 0 Å². The first-order valence-electron chi connectivity index (χ1n) is 6.65. The Bertz CT molecular complexity index is 352. The molecule has 2 unspecified atom stereocenters. The molecule has 0 radical (unpaired) electrons. The van der Waals surface area contributed by atoms with Crippen LogP contribution in [0.3, 0.4) is 0 Å². The van der Waals surface area contributed by atoms with Crippen LogP contribution in [0.25, 0.3) is 0 Å². The van der Waals surface area contributed by atoms with Gasteiger partial charge in [-0.1, -0.05) is 0 Å². The summed E-state index contributed by atoms with van der Waals surface area (Å²) in [5.41, 5.74) is 1.35. The van der Waals surface area contributed by atoms with Crippen molar-refractivity contribution in [2.24, 2.45) is 0 Å². The molecule has 0 amide bonds. The number of rotatable bonds is 4. The number of nitrogens with one attached hydrogen (secondary N) is 1. The van der Waals surface area contributed by atoms with Gasteiger partial charge in [0.15, 0.2) is 0 Å². The van der Waals surface area contributed by atoms with Crippen LogP contribution >= 0.6 is 0 Å². The minimum Gasteiger partial charge on any atom is -0.311 e. The van der Waals surface area contributed by atoms with E-state index in [2.05, 4.69) is 53.4 Å². The number of hydrogen-bond donors (Lipinski definition) is 1. The highest BCUT2D eigenvalue weighted by Gasteiger charge is 2.23. The van der Waals surface area contributed by atoms with Crippen molar-refractivity contribution < 1.29 is 0 Å². The Balaban J connectivity index is 2.03. The lowest BCUT2D eigenvalue weighted by atomic mass is 9.98. The molecule has 1 aliphatic heterocycles. The van der Waals surface area contributed by atoms with Crippen molar-refractivity contribution in [3.63, 3.8) is 0 Å². The zero-order chi connectivity index (χ0) is 13.0. The van der Waals surface area contributed by atoms with Crippen molar-refractivity contribution in [3.05, 3.63) is 30.1 Å². The van der Waals surface area contributed by atoms with Crippen molar-refractivity contribution in [2.75, 3.05) is 40.8 Å². The molecule has 0 saturated carbocycles. The molecule has 1 aliphatic rings. The van der Waals surface area contributed by atoms with E-state index in [0.29, 0.717) is 12.1 Å². The number of nitrogens with zero attached hydrogens (tertiary/aromatic N) is 3. The Labute approximate surface area is 110 Å². The summed E-state index contributed by atoms with van der Waals surface area (Å²) in [4.78, 5) is 8.80. The Morgan fingerprint density at radius 2 is 2.17 bits per heavy atom. The summed E-state index contributed by atoms with van der Waals surface area (Å²) in [6.45, 7) is 3.38. The number of pyridine rings is 1. The van der Waals surface area contributed by atoms with Gasteiger partial charge in [0.2, 0.25) is 0 Å². The summed E-state index contributed by atoms with van der Waals surface area (Å²) in [7, 11) is 6.50. The molecule has 2 atom stereocenters. The van der Waals surface area contributed by atoms with Crippen LogP contribution in [-0.4, -0.2) is 61.6 Å². The standard InChI is InChI=1S/C14H24N4/c1-17(2)14(12-4-6-15-7-5-12)10-13-11-18(3)9-8-16-13/h4-7,13-14,16H,8-11H2,1-3H3. The molecular formula is C14H24N4. The van der Waals surface area contributed by atoms with Gasteiger partial charge in [0, 0.05) is 44.1 Å². The SMILES string of the molecule is CN1CCNC(CC(c2ccncc2)N(C)C)C1. The largest absolute Gasteiger partial charge is 0.311 e. The van der Waals surface area contributed by atoms with E-state index in [1.807, 2.05) is 12.4 Å². The summed E-state index contributed by atoms with van der Waals surface area (Å²) in [6, 6.07) is 5.27. The van der Waals surface area contributed by atoms with Crippen molar-refractivity contribution in [3.8, 4) is 0 Å². The van der Waals surface area contributed by atoms with Gasteiger partial charge in [-0.3, -0.25) is 4.98 Å². The highest BCUT2D eigenvalue weighted by molar-refractivity contribution is 5.15. The van der Waals surface area contributed by atoms with E-state index in [1.165, 1.54) is 5.56 Å². The molecule has 1 aromatic rings.